The number of aryl methyl sites for hydroxylation is 1. The van der Waals surface area contributed by atoms with Gasteiger partial charge in [-0.2, -0.15) is 0 Å². The third-order valence-electron chi connectivity index (χ3n) is 7.15. The third kappa shape index (κ3) is 4.82. The maximum atomic E-state index is 13.3. The highest BCUT2D eigenvalue weighted by Gasteiger charge is 2.30. The fraction of sp³-hybridized carbons (Fsp3) is 0.167. The lowest BCUT2D eigenvalue weighted by atomic mass is 9.98. The first-order chi connectivity index (χ1) is 19.4. The van der Waals surface area contributed by atoms with E-state index in [-0.39, 0.29) is 17.5 Å². The summed E-state index contributed by atoms with van der Waals surface area (Å²) in [4.78, 5) is 42.6. The molecule has 10 nitrogen and oxygen atoms in total. The van der Waals surface area contributed by atoms with E-state index < -0.39 is 4.92 Å². The largest absolute Gasteiger partial charge is 0.354 e. The van der Waals surface area contributed by atoms with Gasteiger partial charge in [0.25, 0.3) is 11.6 Å². The topological polar surface area (TPSA) is 122 Å². The number of nitro benzene ring substituents is 1. The Morgan fingerprint density at radius 3 is 2.50 bits per heavy atom. The Kier molecular flexibility index (Phi) is 6.35. The Hall–Kier alpha value is -5.25. The van der Waals surface area contributed by atoms with Crippen LogP contribution in [0.15, 0.2) is 79.3 Å². The molecule has 200 valence electrons. The summed E-state index contributed by atoms with van der Waals surface area (Å²) in [5.74, 6) is -0.196. The second-order valence-corrected chi connectivity index (χ2v) is 9.93. The van der Waals surface area contributed by atoms with Crippen LogP contribution < -0.4 is 10.6 Å². The van der Waals surface area contributed by atoms with E-state index in [0.717, 1.165) is 41.0 Å². The molecule has 1 fully saturated rings. The smallest absolute Gasteiger partial charge is 0.270 e. The number of amides is 2. The SMILES string of the molecule is Cn1cnc(-c2ccc(NC(=C3C(=O)Nc4ccc([N+](=O)[O-])cc43)c3ccc(CN4CCCC4=O)cc3)cc2)c1. The summed E-state index contributed by atoms with van der Waals surface area (Å²) >= 11 is 0. The number of likely N-dealkylation sites (tertiary alicyclic amines) is 1. The lowest BCUT2D eigenvalue weighted by Crippen LogP contribution is -2.23. The number of rotatable bonds is 7. The number of fused-ring (bicyclic) bond motifs is 1. The zero-order valence-electron chi connectivity index (χ0n) is 21.8. The normalized spacial score (nSPS) is 15.7. The summed E-state index contributed by atoms with van der Waals surface area (Å²) in [6, 6.07) is 19.7. The summed E-state index contributed by atoms with van der Waals surface area (Å²) in [5.41, 5.74) is 5.94. The molecule has 4 aromatic rings. The van der Waals surface area contributed by atoms with E-state index in [1.54, 1.807) is 12.4 Å². The Labute approximate surface area is 230 Å². The Balaban J connectivity index is 1.39. The highest BCUT2D eigenvalue weighted by Crippen LogP contribution is 2.39. The number of imidazole rings is 1. The maximum absolute atomic E-state index is 13.3. The van der Waals surface area contributed by atoms with E-state index in [0.29, 0.717) is 35.5 Å². The number of nitro groups is 1. The summed E-state index contributed by atoms with van der Waals surface area (Å²) in [5, 5.41) is 17.7. The standard InChI is InChI=1S/C30H26N6O4/c1-34-17-26(31-18-34)20-8-10-22(11-9-20)32-29(21-6-4-19(5-7-21)16-35-14-2-3-27(35)37)28-24-15-23(36(39)40)12-13-25(24)33-30(28)38/h4-13,15,17-18,32H,2-3,14,16H2,1H3,(H,33,38). The quantitative estimate of drug-likeness (QED) is 0.194. The summed E-state index contributed by atoms with van der Waals surface area (Å²) in [6.07, 6.45) is 5.12. The molecule has 3 aromatic carbocycles. The van der Waals surface area contributed by atoms with Crippen molar-refractivity contribution in [3.05, 3.63) is 106 Å². The molecule has 0 unspecified atom stereocenters. The zero-order valence-corrected chi connectivity index (χ0v) is 21.8. The second kappa shape index (κ2) is 10.1. The van der Waals surface area contributed by atoms with Gasteiger partial charge in [0.15, 0.2) is 0 Å². The van der Waals surface area contributed by atoms with E-state index in [1.807, 2.05) is 71.2 Å². The highest BCUT2D eigenvalue weighted by molar-refractivity contribution is 6.37. The molecule has 1 saturated heterocycles. The molecule has 0 spiro atoms. The predicted molar refractivity (Wildman–Crippen MR) is 152 cm³/mol. The molecular formula is C30H26N6O4. The number of nitrogens with zero attached hydrogens (tertiary/aromatic N) is 4. The van der Waals surface area contributed by atoms with E-state index in [1.165, 1.54) is 12.1 Å². The van der Waals surface area contributed by atoms with Crippen molar-refractivity contribution in [2.75, 3.05) is 17.2 Å². The monoisotopic (exact) mass is 534 g/mol. The number of nitrogens with one attached hydrogen (secondary N) is 2. The molecule has 1 aromatic heterocycles. The molecule has 0 saturated carbocycles. The van der Waals surface area contributed by atoms with Crippen LogP contribution in [-0.2, 0) is 23.2 Å². The van der Waals surface area contributed by atoms with Gasteiger partial charge in [-0.3, -0.25) is 19.7 Å². The molecule has 2 aliphatic rings. The predicted octanol–water partition coefficient (Wildman–Crippen LogP) is 5.05. The van der Waals surface area contributed by atoms with Crippen molar-refractivity contribution in [3.63, 3.8) is 0 Å². The molecular weight excluding hydrogens is 508 g/mol. The van der Waals surface area contributed by atoms with Crippen molar-refractivity contribution in [3.8, 4) is 11.3 Å². The average molecular weight is 535 g/mol. The summed E-state index contributed by atoms with van der Waals surface area (Å²) in [7, 11) is 1.91. The lowest BCUT2D eigenvalue weighted by molar-refractivity contribution is -0.384. The molecule has 3 heterocycles. The van der Waals surface area contributed by atoms with Crippen LogP contribution in [0, 0.1) is 10.1 Å². The number of non-ortho nitro benzene ring substituents is 1. The molecule has 2 amide bonds. The molecule has 6 rings (SSSR count). The highest BCUT2D eigenvalue weighted by atomic mass is 16.6. The van der Waals surface area contributed by atoms with E-state index in [9.17, 15) is 19.7 Å². The number of anilines is 2. The van der Waals surface area contributed by atoms with Crippen molar-refractivity contribution < 1.29 is 14.5 Å². The van der Waals surface area contributed by atoms with E-state index in [4.69, 9.17) is 0 Å². The molecule has 2 aliphatic heterocycles. The number of hydrogen-bond acceptors (Lipinski definition) is 6. The van der Waals surface area contributed by atoms with Gasteiger partial charge in [0.1, 0.15) is 0 Å². The van der Waals surface area contributed by atoms with Crippen LogP contribution in [0.4, 0.5) is 17.1 Å². The first-order valence-electron chi connectivity index (χ1n) is 12.9. The van der Waals surface area contributed by atoms with Gasteiger partial charge in [0.05, 0.1) is 28.2 Å². The van der Waals surface area contributed by atoms with Crippen molar-refractivity contribution in [2.24, 2.45) is 7.05 Å². The van der Waals surface area contributed by atoms with Crippen LogP contribution in [0.25, 0.3) is 22.5 Å². The second-order valence-electron chi connectivity index (χ2n) is 9.93. The van der Waals surface area contributed by atoms with Gasteiger partial charge in [-0.1, -0.05) is 36.4 Å². The minimum atomic E-state index is -0.474. The molecule has 0 bridgehead atoms. The number of benzene rings is 3. The fourth-order valence-corrected chi connectivity index (χ4v) is 5.09. The summed E-state index contributed by atoms with van der Waals surface area (Å²) in [6.45, 7) is 1.28. The number of aromatic nitrogens is 2. The number of hydrogen-bond donors (Lipinski definition) is 2. The molecule has 10 heteroatoms. The van der Waals surface area contributed by atoms with Crippen LogP contribution in [0.2, 0.25) is 0 Å². The first kappa shape index (κ1) is 25.1. The van der Waals surface area contributed by atoms with Crippen LogP contribution in [-0.4, -0.2) is 37.7 Å². The van der Waals surface area contributed by atoms with Crippen LogP contribution in [0.3, 0.4) is 0 Å². The maximum Gasteiger partial charge on any atom is 0.270 e. The third-order valence-corrected chi connectivity index (χ3v) is 7.15. The Morgan fingerprint density at radius 1 is 1.07 bits per heavy atom. The molecule has 0 atom stereocenters. The van der Waals surface area contributed by atoms with Gasteiger partial charge in [0.2, 0.25) is 5.91 Å². The van der Waals surface area contributed by atoms with Crippen LogP contribution >= 0.6 is 0 Å². The van der Waals surface area contributed by atoms with E-state index in [2.05, 4.69) is 15.6 Å². The minimum Gasteiger partial charge on any atom is -0.354 e. The van der Waals surface area contributed by atoms with E-state index >= 15 is 0 Å². The number of carbonyl (C=O) groups is 2. The van der Waals surface area contributed by atoms with Crippen molar-refractivity contribution >= 4 is 40.1 Å². The zero-order chi connectivity index (χ0) is 27.8. The molecule has 40 heavy (non-hydrogen) atoms. The lowest BCUT2D eigenvalue weighted by Gasteiger charge is -2.18. The number of carbonyl (C=O) groups excluding carboxylic acids is 2. The first-order valence-corrected chi connectivity index (χ1v) is 12.9. The molecule has 0 aliphatic carbocycles. The van der Waals surface area contributed by atoms with Crippen molar-refractivity contribution in [1.29, 1.82) is 0 Å². The fourth-order valence-electron chi connectivity index (χ4n) is 5.09. The Morgan fingerprint density at radius 2 is 1.85 bits per heavy atom. The van der Waals surface area contributed by atoms with Gasteiger partial charge < -0.3 is 20.1 Å². The Bertz CT molecular complexity index is 1670. The van der Waals surface area contributed by atoms with Gasteiger partial charge in [-0.25, -0.2) is 4.98 Å². The van der Waals surface area contributed by atoms with Crippen molar-refractivity contribution in [1.82, 2.24) is 14.5 Å². The van der Waals surface area contributed by atoms with Crippen LogP contribution in [0.1, 0.15) is 29.5 Å². The van der Waals surface area contributed by atoms with Gasteiger partial charge in [-0.15, -0.1) is 0 Å². The van der Waals surface area contributed by atoms with Gasteiger partial charge in [0, 0.05) is 67.4 Å². The molecule has 0 radical (unpaired) electrons. The van der Waals surface area contributed by atoms with Crippen LogP contribution in [0.5, 0.6) is 0 Å². The van der Waals surface area contributed by atoms with Gasteiger partial charge >= 0.3 is 0 Å². The average Bonchev–Trinajstić information content (AvgIpc) is 3.66. The van der Waals surface area contributed by atoms with Gasteiger partial charge in [-0.05, 0) is 35.7 Å². The summed E-state index contributed by atoms with van der Waals surface area (Å²) < 4.78 is 1.88. The van der Waals surface area contributed by atoms with Crippen molar-refractivity contribution in [2.45, 2.75) is 19.4 Å². The minimum absolute atomic E-state index is 0.0996. The molecule has 2 N–H and O–H groups in total.